The Bertz CT molecular complexity index is 689. The van der Waals surface area contributed by atoms with Crippen LogP contribution in [0.15, 0.2) is 10.5 Å². The average molecular weight is 382 g/mol. The van der Waals surface area contributed by atoms with Gasteiger partial charge in [-0.05, 0) is 56.1 Å². The highest BCUT2D eigenvalue weighted by Crippen LogP contribution is 2.19. The third-order valence-corrected chi connectivity index (χ3v) is 4.96. The largest absolute Gasteiger partial charge is 0.356 e. The van der Waals surface area contributed by atoms with Crippen molar-refractivity contribution < 1.29 is 4.79 Å². The molecule has 7 heteroatoms. The summed E-state index contributed by atoms with van der Waals surface area (Å²) >= 11 is 3.50. The van der Waals surface area contributed by atoms with Crippen molar-refractivity contribution in [2.24, 2.45) is 0 Å². The molecule has 2 rings (SSSR count). The van der Waals surface area contributed by atoms with Gasteiger partial charge in [-0.15, -0.1) is 0 Å². The quantitative estimate of drug-likeness (QED) is 0.749. The zero-order valence-corrected chi connectivity index (χ0v) is 15.8. The van der Waals surface area contributed by atoms with Gasteiger partial charge in [-0.3, -0.25) is 14.2 Å². The fourth-order valence-corrected chi connectivity index (χ4v) is 2.83. The molecule has 0 aliphatic heterocycles. The first-order chi connectivity index (χ1) is 10.9. The van der Waals surface area contributed by atoms with Crippen LogP contribution in [-0.2, 0) is 17.9 Å². The van der Waals surface area contributed by atoms with E-state index in [1.54, 1.807) is 0 Å². The molecule has 0 radical (unpaired) electrons. The van der Waals surface area contributed by atoms with Gasteiger partial charge in [0.1, 0.15) is 0 Å². The summed E-state index contributed by atoms with van der Waals surface area (Å²) in [7, 11) is 0. The number of carbonyl (C=O) groups excluding carboxylic acids is 1. The lowest BCUT2D eigenvalue weighted by Crippen LogP contribution is -2.26. The Morgan fingerprint density at radius 2 is 1.91 bits per heavy atom. The van der Waals surface area contributed by atoms with Gasteiger partial charge in [-0.1, -0.05) is 0 Å². The monoisotopic (exact) mass is 381 g/mol. The highest BCUT2D eigenvalue weighted by atomic mass is 79.9. The fourth-order valence-electron chi connectivity index (χ4n) is 2.55. The molecule has 2 heterocycles. The van der Waals surface area contributed by atoms with Gasteiger partial charge in [0.05, 0.1) is 22.4 Å². The van der Waals surface area contributed by atoms with Crippen LogP contribution in [0, 0.1) is 27.7 Å². The Morgan fingerprint density at radius 1 is 1.17 bits per heavy atom. The van der Waals surface area contributed by atoms with E-state index >= 15 is 0 Å². The van der Waals surface area contributed by atoms with Crippen LogP contribution < -0.4 is 5.32 Å². The fraction of sp³-hybridized carbons (Fsp3) is 0.562. The van der Waals surface area contributed by atoms with Crippen LogP contribution in [0.5, 0.6) is 0 Å². The predicted molar refractivity (Wildman–Crippen MR) is 93.3 cm³/mol. The van der Waals surface area contributed by atoms with Crippen molar-refractivity contribution in [1.82, 2.24) is 24.9 Å². The van der Waals surface area contributed by atoms with Crippen molar-refractivity contribution in [3.63, 3.8) is 0 Å². The highest BCUT2D eigenvalue weighted by Gasteiger charge is 2.10. The molecule has 0 saturated heterocycles. The summed E-state index contributed by atoms with van der Waals surface area (Å²) in [5.74, 6) is 0.0574. The van der Waals surface area contributed by atoms with E-state index in [1.807, 2.05) is 37.1 Å². The smallest absolute Gasteiger partial charge is 0.221 e. The van der Waals surface area contributed by atoms with E-state index in [0.29, 0.717) is 19.5 Å². The van der Waals surface area contributed by atoms with E-state index in [9.17, 15) is 4.79 Å². The van der Waals surface area contributed by atoms with Crippen LogP contribution in [-0.4, -0.2) is 32.0 Å². The molecule has 0 spiro atoms. The van der Waals surface area contributed by atoms with Crippen molar-refractivity contribution in [3.8, 4) is 0 Å². The zero-order valence-electron chi connectivity index (χ0n) is 14.2. The number of aryl methyl sites for hydroxylation is 5. The first kappa shape index (κ1) is 17.7. The van der Waals surface area contributed by atoms with Gasteiger partial charge in [0, 0.05) is 30.9 Å². The number of carbonyl (C=O) groups is 1. The molecule has 2 aromatic rings. The third kappa shape index (κ3) is 4.67. The maximum atomic E-state index is 11.9. The number of hydrogen-bond donors (Lipinski definition) is 1. The SMILES string of the molecule is Cc1cc(C)n(CCCNC(=O)CCn2nc(C)c(Br)c2C)n1. The van der Waals surface area contributed by atoms with Crippen molar-refractivity contribution >= 4 is 21.8 Å². The lowest BCUT2D eigenvalue weighted by Gasteiger charge is -2.08. The van der Waals surface area contributed by atoms with Crippen LogP contribution in [0.25, 0.3) is 0 Å². The van der Waals surface area contributed by atoms with E-state index in [1.165, 1.54) is 0 Å². The van der Waals surface area contributed by atoms with Crippen LogP contribution in [0.2, 0.25) is 0 Å². The second-order valence-corrected chi connectivity index (χ2v) is 6.60. The molecule has 23 heavy (non-hydrogen) atoms. The van der Waals surface area contributed by atoms with Crippen LogP contribution in [0.1, 0.15) is 35.6 Å². The van der Waals surface area contributed by atoms with Crippen molar-refractivity contribution in [3.05, 3.63) is 33.3 Å². The standard InChI is InChI=1S/C16H24BrN5O/c1-11-10-12(2)21(19-11)8-5-7-18-15(23)6-9-22-14(4)16(17)13(3)20-22/h10H,5-9H2,1-4H3,(H,18,23). The van der Waals surface area contributed by atoms with E-state index in [2.05, 4.69) is 37.5 Å². The van der Waals surface area contributed by atoms with Gasteiger partial charge in [-0.2, -0.15) is 10.2 Å². The van der Waals surface area contributed by atoms with E-state index in [-0.39, 0.29) is 5.91 Å². The number of nitrogens with one attached hydrogen (secondary N) is 1. The Morgan fingerprint density at radius 3 is 2.48 bits per heavy atom. The molecule has 0 aliphatic carbocycles. The zero-order chi connectivity index (χ0) is 17.0. The van der Waals surface area contributed by atoms with Gasteiger partial charge >= 0.3 is 0 Å². The minimum atomic E-state index is 0.0574. The first-order valence-corrected chi connectivity index (χ1v) is 8.65. The van der Waals surface area contributed by atoms with Gasteiger partial charge in [0.2, 0.25) is 5.91 Å². The summed E-state index contributed by atoms with van der Waals surface area (Å²) in [5.41, 5.74) is 4.19. The lowest BCUT2D eigenvalue weighted by molar-refractivity contribution is -0.121. The number of hydrogen-bond acceptors (Lipinski definition) is 3. The molecule has 1 amide bonds. The number of halogens is 1. The molecule has 2 aromatic heterocycles. The molecule has 0 bridgehead atoms. The Hall–Kier alpha value is -1.63. The van der Waals surface area contributed by atoms with Crippen molar-refractivity contribution in [2.45, 2.75) is 53.6 Å². The summed E-state index contributed by atoms with van der Waals surface area (Å²) in [5, 5.41) is 11.8. The summed E-state index contributed by atoms with van der Waals surface area (Å²) in [6.07, 6.45) is 1.31. The second-order valence-electron chi connectivity index (χ2n) is 5.81. The third-order valence-electron chi connectivity index (χ3n) is 3.82. The van der Waals surface area contributed by atoms with E-state index in [0.717, 1.165) is 40.2 Å². The second kappa shape index (κ2) is 7.77. The lowest BCUT2D eigenvalue weighted by atomic mass is 10.3. The molecular formula is C16H24BrN5O. The first-order valence-electron chi connectivity index (χ1n) is 7.85. The Labute approximate surface area is 145 Å². The summed E-state index contributed by atoms with van der Waals surface area (Å²) in [6, 6.07) is 2.06. The molecule has 0 unspecified atom stereocenters. The number of aromatic nitrogens is 4. The van der Waals surface area contributed by atoms with Crippen molar-refractivity contribution in [2.75, 3.05) is 6.54 Å². The molecule has 126 valence electrons. The number of rotatable bonds is 7. The maximum Gasteiger partial charge on any atom is 0.221 e. The maximum absolute atomic E-state index is 11.9. The van der Waals surface area contributed by atoms with Crippen LogP contribution in [0.3, 0.4) is 0 Å². The average Bonchev–Trinajstić information content (AvgIpc) is 2.95. The van der Waals surface area contributed by atoms with Crippen LogP contribution >= 0.6 is 15.9 Å². The summed E-state index contributed by atoms with van der Waals surface area (Å²) in [4.78, 5) is 11.9. The highest BCUT2D eigenvalue weighted by molar-refractivity contribution is 9.10. The van der Waals surface area contributed by atoms with Crippen molar-refractivity contribution in [1.29, 1.82) is 0 Å². The summed E-state index contributed by atoms with van der Waals surface area (Å²) in [6.45, 7) is 10.1. The Balaban J connectivity index is 1.69. The number of amides is 1. The van der Waals surface area contributed by atoms with Gasteiger partial charge in [0.15, 0.2) is 0 Å². The van der Waals surface area contributed by atoms with Gasteiger partial charge < -0.3 is 5.32 Å². The Kier molecular flexibility index (Phi) is 5.98. The topological polar surface area (TPSA) is 64.7 Å². The molecule has 0 fully saturated rings. The minimum Gasteiger partial charge on any atom is -0.356 e. The predicted octanol–water partition coefficient (Wildman–Crippen LogP) is 2.67. The molecule has 6 nitrogen and oxygen atoms in total. The molecule has 0 atom stereocenters. The summed E-state index contributed by atoms with van der Waals surface area (Å²) < 4.78 is 4.87. The van der Waals surface area contributed by atoms with Gasteiger partial charge in [0.25, 0.3) is 0 Å². The molecule has 0 aromatic carbocycles. The normalized spacial score (nSPS) is 11.0. The van der Waals surface area contributed by atoms with E-state index < -0.39 is 0 Å². The number of nitrogens with zero attached hydrogens (tertiary/aromatic N) is 4. The van der Waals surface area contributed by atoms with Crippen LogP contribution in [0.4, 0.5) is 0 Å². The molecule has 0 aliphatic rings. The van der Waals surface area contributed by atoms with E-state index in [4.69, 9.17) is 0 Å². The van der Waals surface area contributed by atoms with Gasteiger partial charge in [-0.25, -0.2) is 0 Å². The molecular weight excluding hydrogens is 358 g/mol. The minimum absolute atomic E-state index is 0.0574. The molecule has 1 N–H and O–H groups in total. The molecule has 0 saturated carbocycles.